The van der Waals surface area contributed by atoms with Gasteiger partial charge in [-0.05, 0) is 38.1 Å². The molecule has 0 aromatic carbocycles. The molecule has 0 atom stereocenters. The topological polar surface area (TPSA) is 58.6 Å². The molecule has 0 aliphatic carbocycles. The van der Waals surface area contributed by atoms with Crippen LogP contribution in [-0.4, -0.2) is 43.5 Å². The second-order valence-corrected chi connectivity index (χ2v) is 6.41. The number of hydrogen-bond donors (Lipinski definition) is 1. The Hall–Kier alpha value is -1.66. The van der Waals surface area contributed by atoms with Gasteiger partial charge in [0.1, 0.15) is 0 Å². The van der Waals surface area contributed by atoms with Crippen molar-refractivity contribution in [1.82, 2.24) is 10.2 Å². The van der Waals surface area contributed by atoms with Gasteiger partial charge in [-0.15, -0.1) is 11.3 Å². The van der Waals surface area contributed by atoms with Gasteiger partial charge in [-0.25, -0.2) is 4.79 Å². The number of rotatable bonds is 6. The van der Waals surface area contributed by atoms with Gasteiger partial charge in [0.05, 0.1) is 12.0 Å². The molecule has 0 spiro atoms. The van der Waals surface area contributed by atoms with Crippen LogP contribution in [0.2, 0.25) is 0 Å². The first-order valence-corrected chi connectivity index (χ1v) is 8.34. The van der Waals surface area contributed by atoms with Gasteiger partial charge in [-0.3, -0.25) is 9.69 Å². The molecule has 1 aromatic heterocycles. The van der Waals surface area contributed by atoms with Gasteiger partial charge in [0, 0.05) is 24.0 Å². The number of likely N-dealkylation sites (tertiary alicyclic amines) is 1. The number of nitrogens with one attached hydrogen (secondary N) is 1. The van der Waals surface area contributed by atoms with E-state index in [0.29, 0.717) is 11.4 Å². The van der Waals surface area contributed by atoms with E-state index in [1.54, 1.807) is 6.08 Å². The lowest BCUT2D eigenvalue weighted by Crippen LogP contribution is -2.28. The number of esters is 1. The average Bonchev–Trinajstić information content (AvgIpc) is 3.00. The smallest absolute Gasteiger partial charge is 0.330 e. The van der Waals surface area contributed by atoms with E-state index in [1.165, 1.54) is 48.7 Å². The monoisotopic (exact) mass is 322 g/mol. The standard InChI is InChI=1S/C16H22N2O3S/c1-21-15(19)6-5-9-17-16(20)14-8-7-13(22-14)12-18-10-3-2-4-11-18/h5-8H,2-4,9-12H2,1H3,(H,17,20)/b6-5+. The third-order valence-corrected chi connectivity index (χ3v) is 4.62. The van der Waals surface area contributed by atoms with E-state index in [1.807, 2.05) is 12.1 Å². The number of thiophene rings is 1. The molecular formula is C16H22N2O3S. The molecule has 120 valence electrons. The van der Waals surface area contributed by atoms with E-state index in [2.05, 4.69) is 15.0 Å². The molecule has 0 saturated carbocycles. The van der Waals surface area contributed by atoms with E-state index in [-0.39, 0.29) is 5.91 Å². The van der Waals surface area contributed by atoms with Crippen LogP contribution in [0.5, 0.6) is 0 Å². The highest BCUT2D eigenvalue weighted by Gasteiger charge is 2.13. The van der Waals surface area contributed by atoms with Crippen molar-refractivity contribution < 1.29 is 14.3 Å². The van der Waals surface area contributed by atoms with Crippen LogP contribution in [0, 0.1) is 0 Å². The summed E-state index contributed by atoms with van der Waals surface area (Å²) in [5, 5.41) is 2.76. The summed E-state index contributed by atoms with van der Waals surface area (Å²) in [4.78, 5) is 27.3. The lowest BCUT2D eigenvalue weighted by molar-refractivity contribution is -0.134. The number of ether oxygens (including phenoxy) is 1. The molecule has 1 N–H and O–H groups in total. The van der Waals surface area contributed by atoms with E-state index in [9.17, 15) is 9.59 Å². The maximum Gasteiger partial charge on any atom is 0.330 e. The maximum absolute atomic E-state index is 12.0. The third-order valence-electron chi connectivity index (χ3n) is 3.55. The second-order valence-electron chi connectivity index (χ2n) is 5.24. The molecule has 22 heavy (non-hydrogen) atoms. The first kappa shape index (κ1) is 16.7. The fraction of sp³-hybridized carbons (Fsp3) is 0.500. The minimum atomic E-state index is -0.422. The quantitative estimate of drug-likeness (QED) is 0.644. The number of nitrogens with zero attached hydrogens (tertiary/aromatic N) is 1. The van der Waals surface area contributed by atoms with Crippen molar-refractivity contribution in [2.45, 2.75) is 25.8 Å². The molecule has 1 aliphatic heterocycles. The minimum absolute atomic E-state index is 0.107. The largest absolute Gasteiger partial charge is 0.466 e. The van der Waals surface area contributed by atoms with Gasteiger partial charge in [-0.2, -0.15) is 0 Å². The van der Waals surface area contributed by atoms with Gasteiger partial charge in [0.2, 0.25) is 0 Å². The van der Waals surface area contributed by atoms with Crippen LogP contribution in [0.15, 0.2) is 24.3 Å². The van der Waals surface area contributed by atoms with Crippen LogP contribution in [-0.2, 0) is 16.1 Å². The van der Waals surface area contributed by atoms with E-state index in [4.69, 9.17) is 0 Å². The Kier molecular flexibility index (Phi) is 6.61. The Morgan fingerprint density at radius 1 is 1.32 bits per heavy atom. The Balaban J connectivity index is 1.78. The van der Waals surface area contributed by atoms with Crippen molar-refractivity contribution in [2.75, 3.05) is 26.7 Å². The van der Waals surface area contributed by atoms with Crippen molar-refractivity contribution in [2.24, 2.45) is 0 Å². The zero-order valence-corrected chi connectivity index (χ0v) is 13.7. The first-order valence-electron chi connectivity index (χ1n) is 7.53. The highest BCUT2D eigenvalue weighted by molar-refractivity contribution is 7.14. The molecule has 6 heteroatoms. The molecule has 1 aromatic rings. The van der Waals surface area contributed by atoms with Crippen molar-refractivity contribution in [3.63, 3.8) is 0 Å². The number of piperidine rings is 1. The molecule has 0 radical (unpaired) electrons. The zero-order valence-electron chi connectivity index (χ0n) is 12.8. The number of carbonyl (C=O) groups excluding carboxylic acids is 2. The van der Waals surface area contributed by atoms with E-state index < -0.39 is 5.97 Å². The van der Waals surface area contributed by atoms with Crippen molar-refractivity contribution in [3.8, 4) is 0 Å². The zero-order chi connectivity index (χ0) is 15.8. The fourth-order valence-electron chi connectivity index (χ4n) is 2.38. The predicted octanol–water partition coefficient (Wildman–Crippen LogP) is 2.19. The minimum Gasteiger partial charge on any atom is -0.466 e. The van der Waals surface area contributed by atoms with Gasteiger partial charge in [0.25, 0.3) is 5.91 Å². The number of hydrogen-bond acceptors (Lipinski definition) is 5. The molecule has 1 amide bonds. The molecule has 1 saturated heterocycles. The van der Waals surface area contributed by atoms with Crippen LogP contribution in [0.4, 0.5) is 0 Å². The molecule has 2 heterocycles. The summed E-state index contributed by atoms with van der Waals surface area (Å²) in [6.45, 7) is 3.54. The van der Waals surface area contributed by atoms with Gasteiger partial charge < -0.3 is 10.1 Å². The summed E-state index contributed by atoms with van der Waals surface area (Å²) >= 11 is 1.53. The molecule has 2 rings (SSSR count). The molecule has 0 bridgehead atoms. The SMILES string of the molecule is COC(=O)/C=C/CNC(=O)c1ccc(CN2CCCCC2)s1. The number of carbonyl (C=O) groups is 2. The Morgan fingerprint density at radius 2 is 2.09 bits per heavy atom. The lowest BCUT2D eigenvalue weighted by atomic mass is 10.1. The highest BCUT2D eigenvalue weighted by Crippen LogP contribution is 2.20. The summed E-state index contributed by atoms with van der Waals surface area (Å²) in [5.41, 5.74) is 0. The summed E-state index contributed by atoms with van der Waals surface area (Å²) in [6.07, 6.45) is 6.74. The highest BCUT2D eigenvalue weighted by atomic mass is 32.1. The van der Waals surface area contributed by atoms with Gasteiger partial charge in [-0.1, -0.05) is 12.5 Å². The molecular weight excluding hydrogens is 300 g/mol. The summed E-state index contributed by atoms with van der Waals surface area (Å²) in [5.74, 6) is -0.529. The van der Waals surface area contributed by atoms with Crippen LogP contribution in [0.3, 0.4) is 0 Å². The fourth-order valence-corrected chi connectivity index (χ4v) is 3.35. The van der Waals surface area contributed by atoms with Crippen molar-refractivity contribution in [3.05, 3.63) is 34.0 Å². The van der Waals surface area contributed by atoms with Crippen LogP contribution >= 0.6 is 11.3 Å². The summed E-state index contributed by atoms with van der Waals surface area (Å²) in [7, 11) is 1.32. The van der Waals surface area contributed by atoms with Crippen LogP contribution in [0.1, 0.15) is 33.8 Å². The predicted molar refractivity (Wildman–Crippen MR) is 86.9 cm³/mol. The number of methoxy groups -OCH3 is 1. The Morgan fingerprint density at radius 3 is 2.82 bits per heavy atom. The van der Waals surface area contributed by atoms with E-state index >= 15 is 0 Å². The van der Waals surface area contributed by atoms with Gasteiger partial charge in [0.15, 0.2) is 0 Å². The van der Waals surface area contributed by atoms with Crippen molar-refractivity contribution in [1.29, 1.82) is 0 Å². The maximum atomic E-state index is 12.0. The van der Waals surface area contributed by atoms with E-state index in [0.717, 1.165) is 19.6 Å². The summed E-state index contributed by atoms with van der Waals surface area (Å²) < 4.78 is 4.48. The first-order chi connectivity index (χ1) is 10.7. The molecule has 0 unspecified atom stereocenters. The van der Waals surface area contributed by atoms with Gasteiger partial charge >= 0.3 is 5.97 Å². The second kappa shape index (κ2) is 8.70. The normalized spacial score (nSPS) is 15.9. The van der Waals surface area contributed by atoms with Crippen molar-refractivity contribution >= 4 is 23.2 Å². The molecule has 5 nitrogen and oxygen atoms in total. The number of amides is 1. The Labute approximate surface area is 135 Å². The Bertz CT molecular complexity index is 533. The lowest BCUT2D eigenvalue weighted by Gasteiger charge is -2.25. The average molecular weight is 322 g/mol. The van der Waals surface area contributed by atoms with Crippen LogP contribution in [0.25, 0.3) is 0 Å². The van der Waals surface area contributed by atoms with Crippen LogP contribution < -0.4 is 5.32 Å². The molecule has 1 aliphatic rings. The molecule has 1 fully saturated rings. The summed E-state index contributed by atoms with van der Waals surface area (Å²) in [6, 6.07) is 3.89. The third kappa shape index (κ3) is 5.27.